The molecule has 1 aromatic heterocycles. The van der Waals surface area contributed by atoms with Crippen LogP contribution in [0.4, 0.5) is 0 Å². The Hall–Kier alpha value is -1.35. The van der Waals surface area contributed by atoms with E-state index in [1.54, 1.807) is 0 Å². The molecule has 1 aliphatic carbocycles. The summed E-state index contributed by atoms with van der Waals surface area (Å²) in [5, 5.41) is 8.77. The van der Waals surface area contributed by atoms with Crippen LogP contribution >= 0.6 is 0 Å². The van der Waals surface area contributed by atoms with Crippen molar-refractivity contribution in [2.24, 2.45) is 5.73 Å². The summed E-state index contributed by atoms with van der Waals surface area (Å²) >= 11 is 0. The second-order valence-electron chi connectivity index (χ2n) is 4.71. The first-order valence-electron chi connectivity index (χ1n) is 6.05. The number of nitrogens with one attached hydrogen (secondary N) is 1. The third kappa shape index (κ3) is 1.52. The molecule has 0 saturated heterocycles. The molecule has 3 N–H and O–H groups in total. The standard InChI is InChI=1S/C13H17N3/c14-11-7-3-1-5-9(11)13-10-6-2-4-8-12(10)15-16-13/h2,4,6,8-9,11H,1,3,5,7,14H2,(H,15,16). The molecule has 2 atom stereocenters. The molecule has 1 saturated carbocycles. The maximum Gasteiger partial charge on any atom is 0.0923 e. The lowest BCUT2D eigenvalue weighted by Crippen LogP contribution is -2.31. The number of benzene rings is 1. The maximum atomic E-state index is 6.21. The number of H-pyrrole nitrogens is 1. The molecule has 2 aromatic rings. The molecule has 0 bridgehead atoms. The Morgan fingerprint density at radius 2 is 2.00 bits per heavy atom. The molecule has 1 aliphatic rings. The first-order valence-corrected chi connectivity index (χ1v) is 6.05. The molecule has 0 aliphatic heterocycles. The van der Waals surface area contributed by atoms with Gasteiger partial charge in [0.15, 0.2) is 0 Å². The minimum atomic E-state index is 0.289. The number of aromatic amines is 1. The van der Waals surface area contributed by atoms with Gasteiger partial charge in [-0.1, -0.05) is 31.0 Å². The van der Waals surface area contributed by atoms with Crippen LogP contribution in [0.5, 0.6) is 0 Å². The Labute approximate surface area is 95.0 Å². The lowest BCUT2D eigenvalue weighted by molar-refractivity contribution is 0.381. The second-order valence-corrected chi connectivity index (χ2v) is 4.71. The third-order valence-electron chi connectivity index (χ3n) is 3.68. The Balaban J connectivity index is 2.04. The van der Waals surface area contributed by atoms with Crippen LogP contribution in [-0.2, 0) is 0 Å². The van der Waals surface area contributed by atoms with Crippen LogP contribution in [0.3, 0.4) is 0 Å². The monoisotopic (exact) mass is 215 g/mol. The normalized spacial score (nSPS) is 26.1. The zero-order valence-corrected chi connectivity index (χ0v) is 9.32. The van der Waals surface area contributed by atoms with Crippen molar-refractivity contribution in [3.63, 3.8) is 0 Å². The molecule has 1 aromatic carbocycles. The number of nitrogens with two attached hydrogens (primary N) is 1. The minimum Gasteiger partial charge on any atom is -0.327 e. The zero-order valence-electron chi connectivity index (χ0n) is 9.32. The molecule has 16 heavy (non-hydrogen) atoms. The summed E-state index contributed by atoms with van der Waals surface area (Å²) in [6.07, 6.45) is 4.88. The van der Waals surface area contributed by atoms with Crippen molar-refractivity contribution in [1.82, 2.24) is 10.2 Å². The summed E-state index contributed by atoms with van der Waals surface area (Å²) in [5.74, 6) is 0.459. The number of hydrogen-bond acceptors (Lipinski definition) is 2. The largest absolute Gasteiger partial charge is 0.327 e. The summed E-state index contributed by atoms with van der Waals surface area (Å²) in [5.41, 5.74) is 8.50. The highest BCUT2D eigenvalue weighted by Gasteiger charge is 2.26. The van der Waals surface area contributed by atoms with Crippen LogP contribution in [0.2, 0.25) is 0 Å². The number of hydrogen-bond donors (Lipinski definition) is 2. The molecule has 3 nitrogen and oxygen atoms in total. The average molecular weight is 215 g/mol. The van der Waals surface area contributed by atoms with Gasteiger partial charge in [0, 0.05) is 23.0 Å². The van der Waals surface area contributed by atoms with Gasteiger partial charge < -0.3 is 5.73 Å². The van der Waals surface area contributed by atoms with E-state index in [0.29, 0.717) is 5.92 Å². The van der Waals surface area contributed by atoms with Gasteiger partial charge in [0.25, 0.3) is 0 Å². The molecule has 0 spiro atoms. The maximum absolute atomic E-state index is 6.21. The molecule has 1 fully saturated rings. The molecular weight excluding hydrogens is 198 g/mol. The van der Waals surface area contributed by atoms with E-state index < -0.39 is 0 Å². The predicted octanol–water partition coefficient (Wildman–Crippen LogP) is 2.55. The zero-order chi connectivity index (χ0) is 11.0. The van der Waals surface area contributed by atoms with Gasteiger partial charge in [-0.25, -0.2) is 0 Å². The van der Waals surface area contributed by atoms with Crippen molar-refractivity contribution in [2.45, 2.75) is 37.6 Å². The highest BCUT2D eigenvalue weighted by Crippen LogP contribution is 2.34. The van der Waals surface area contributed by atoms with E-state index in [1.807, 2.05) is 12.1 Å². The lowest BCUT2D eigenvalue weighted by atomic mass is 9.82. The van der Waals surface area contributed by atoms with Gasteiger partial charge in [-0.15, -0.1) is 0 Å². The van der Waals surface area contributed by atoms with Crippen molar-refractivity contribution >= 4 is 10.9 Å². The molecule has 3 heteroatoms. The summed E-state index contributed by atoms with van der Waals surface area (Å²) < 4.78 is 0. The molecule has 2 unspecified atom stereocenters. The fourth-order valence-electron chi connectivity index (χ4n) is 2.78. The van der Waals surface area contributed by atoms with Crippen LogP contribution in [-0.4, -0.2) is 16.2 Å². The number of aromatic nitrogens is 2. The van der Waals surface area contributed by atoms with Crippen LogP contribution < -0.4 is 5.73 Å². The number of rotatable bonds is 1. The van der Waals surface area contributed by atoms with Gasteiger partial charge >= 0.3 is 0 Å². The van der Waals surface area contributed by atoms with Gasteiger partial charge in [-0.2, -0.15) is 5.10 Å². The molecular formula is C13H17N3. The highest BCUT2D eigenvalue weighted by atomic mass is 15.1. The Morgan fingerprint density at radius 3 is 2.88 bits per heavy atom. The van der Waals surface area contributed by atoms with Crippen molar-refractivity contribution in [1.29, 1.82) is 0 Å². The summed E-state index contributed by atoms with van der Waals surface area (Å²) in [4.78, 5) is 0. The quantitative estimate of drug-likeness (QED) is 0.768. The van der Waals surface area contributed by atoms with E-state index in [2.05, 4.69) is 22.3 Å². The van der Waals surface area contributed by atoms with E-state index >= 15 is 0 Å². The smallest absolute Gasteiger partial charge is 0.0923 e. The third-order valence-corrected chi connectivity index (χ3v) is 3.68. The van der Waals surface area contributed by atoms with Gasteiger partial charge in [-0.05, 0) is 18.9 Å². The molecule has 3 rings (SSSR count). The van der Waals surface area contributed by atoms with Gasteiger partial charge in [0.05, 0.1) is 5.52 Å². The van der Waals surface area contributed by atoms with E-state index in [0.717, 1.165) is 11.9 Å². The summed E-state index contributed by atoms with van der Waals surface area (Å²) in [7, 11) is 0. The number of para-hydroxylation sites is 1. The molecule has 0 amide bonds. The van der Waals surface area contributed by atoms with Crippen molar-refractivity contribution in [3.8, 4) is 0 Å². The fourth-order valence-corrected chi connectivity index (χ4v) is 2.78. The van der Waals surface area contributed by atoms with E-state index in [-0.39, 0.29) is 6.04 Å². The van der Waals surface area contributed by atoms with Gasteiger partial charge in [0.2, 0.25) is 0 Å². The Bertz CT molecular complexity index is 489. The Kier molecular flexibility index (Phi) is 2.40. The number of fused-ring (bicyclic) bond motifs is 1. The van der Waals surface area contributed by atoms with Gasteiger partial charge in [-0.3, -0.25) is 5.10 Å². The number of nitrogens with zero attached hydrogens (tertiary/aromatic N) is 1. The van der Waals surface area contributed by atoms with Crippen molar-refractivity contribution in [3.05, 3.63) is 30.0 Å². The predicted molar refractivity (Wildman–Crippen MR) is 65.3 cm³/mol. The lowest BCUT2D eigenvalue weighted by Gasteiger charge is -2.27. The summed E-state index contributed by atoms with van der Waals surface area (Å²) in [6.45, 7) is 0. The van der Waals surface area contributed by atoms with Crippen molar-refractivity contribution < 1.29 is 0 Å². The van der Waals surface area contributed by atoms with Crippen LogP contribution in [0.1, 0.15) is 37.3 Å². The molecule has 84 valence electrons. The van der Waals surface area contributed by atoms with Crippen LogP contribution in [0.25, 0.3) is 10.9 Å². The molecule has 1 heterocycles. The van der Waals surface area contributed by atoms with Crippen molar-refractivity contribution in [2.75, 3.05) is 0 Å². The first-order chi connectivity index (χ1) is 7.86. The van der Waals surface area contributed by atoms with Crippen LogP contribution in [0, 0.1) is 0 Å². The fraction of sp³-hybridized carbons (Fsp3) is 0.462. The van der Waals surface area contributed by atoms with E-state index in [1.165, 1.54) is 30.3 Å². The first kappa shape index (κ1) is 9.85. The highest BCUT2D eigenvalue weighted by molar-refractivity contribution is 5.81. The minimum absolute atomic E-state index is 0.289. The van der Waals surface area contributed by atoms with Crippen LogP contribution in [0.15, 0.2) is 24.3 Å². The van der Waals surface area contributed by atoms with E-state index in [4.69, 9.17) is 5.73 Å². The Morgan fingerprint density at radius 1 is 1.19 bits per heavy atom. The molecule has 0 radical (unpaired) electrons. The second kappa shape index (κ2) is 3.91. The SMILES string of the molecule is NC1CCCCC1c1[nH]nc2ccccc12. The average Bonchev–Trinajstić information content (AvgIpc) is 2.74. The summed E-state index contributed by atoms with van der Waals surface area (Å²) in [6, 6.07) is 8.56. The van der Waals surface area contributed by atoms with E-state index in [9.17, 15) is 0 Å². The topological polar surface area (TPSA) is 54.7 Å². The van der Waals surface area contributed by atoms with Gasteiger partial charge in [0.1, 0.15) is 0 Å².